The number of fused-ring (bicyclic) bond motifs is 1. The number of aromatic nitrogens is 3. The molecule has 0 unspecified atom stereocenters. The van der Waals surface area contributed by atoms with E-state index in [2.05, 4.69) is 15.5 Å². The molecule has 7 nitrogen and oxygen atoms in total. The summed E-state index contributed by atoms with van der Waals surface area (Å²) in [7, 11) is 0. The molecule has 2 aliphatic rings. The molecule has 2 aromatic rings. The maximum absolute atomic E-state index is 12.7. The quantitative estimate of drug-likeness (QED) is 0.923. The van der Waals surface area contributed by atoms with Crippen LogP contribution in [0.15, 0.2) is 35.1 Å². The molecule has 1 saturated carbocycles. The third-order valence-corrected chi connectivity index (χ3v) is 4.94. The highest BCUT2D eigenvalue weighted by Crippen LogP contribution is 2.26. The van der Waals surface area contributed by atoms with Crippen molar-refractivity contribution < 1.29 is 4.79 Å². The molecule has 1 fully saturated rings. The number of amides is 1. The molecule has 2 heterocycles. The summed E-state index contributed by atoms with van der Waals surface area (Å²) in [5.41, 5.74) is 0.489. The van der Waals surface area contributed by atoms with Gasteiger partial charge in [0.25, 0.3) is 11.5 Å². The van der Waals surface area contributed by atoms with Crippen molar-refractivity contribution in [1.29, 1.82) is 0 Å². The topological polar surface area (TPSA) is 80.1 Å². The van der Waals surface area contributed by atoms with E-state index >= 15 is 0 Å². The lowest BCUT2D eigenvalue weighted by molar-refractivity contribution is 0.0919. The second kappa shape index (κ2) is 6.66. The Labute approximate surface area is 145 Å². The van der Waals surface area contributed by atoms with Gasteiger partial charge in [-0.05, 0) is 25.0 Å². The van der Waals surface area contributed by atoms with Crippen LogP contribution < -0.4 is 15.8 Å². The predicted octanol–water partition coefficient (Wildman–Crippen LogP) is 1.85. The van der Waals surface area contributed by atoms with E-state index in [0.29, 0.717) is 19.0 Å². The summed E-state index contributed by atoms with van der Waals surface area (Å²) in [5, 5.41) is 11.1. The summed E-state index contributed by atoms with van der Waals surface area (Å²) < 4.78 is 1.54. The first-order valence-corrected chi connectivity index (χ1v) is 8.85. The van der Waals surface area contributed by atoms with E-state index in [1.807, 2.05) is 35.2 Å². The van der Waals surface area contributed by atoms with Crippen LogP contribution in [-0.2, 0) is 6.54 Å². The Morgan fingerprint density at radius 3 is 2.56 bits per heavy atom. The first-order valence-electron chi connectivity index (χ1n) is 8.85. The number of nitrogens with zero attached hydrogens (tertiary/aromatic N) is 4. The second-order valence-electron chi connectivity index (χ2n) is 6.60. The van der Waals surface area contributed by atoms with Gasteiger partial charge in [-0.3, -0.25) is 14.2 Å². The molecule has 1 aliphatic heterocycles. The molecule has 4 rings (SSSR count). The lowest BCUT2D eigenvalue weighted by Crippen LogP contribution is -2.40. The summed E-state index contributed by atoms with van der Waals surface area (Å²) in [6.07, 6.45) is 5.38. The van der Waals surface area contributed by atoms with E-state index in [9.17, 15) is 9.59 Å². The van der Waals surface area contributed by atoms with E-state index in [1.54, 1.807) is 0 Å². The van der Waals surface area contributed by atoms with Crippen LogP contribution in [0.4, 0.5) is 11.6 Å². The van der Waals surface area contributed by atoms with Gasteiger partial charge in [0, 0.05) is 24.8 Å². The van der Waals surface area contributed by atoms with Crippen molar-refractivity contribution in [2.75, 3.05) is 11.4 Å². The molecule has 130 valence electrons. The van der Waals surface area contributed by atoms with Gasteiger partial charge < -0.3 is 10.2 Å². The van der Waals surface area contributed by atoms with Gasteiger partial charge in [0.05, 0.1) is 0 Å². The standard InChI is InChI=1S/C18H21N5O2/c24-16(19-13-7-3-1-4-8-13)15-17(25)23-12-11-22(18(23)21-20-15)14-9-5-2-6-10-14/h2,5-6,9-10,13H,1,3-4,7-8,11-12H2,(H,19,24). The lowest BCUT2D eigenvalue weighted by atomic mass is 9.95. The number of hydrogen-bond donors (Lipinski definition) is 1. The van der Waals surface area contributed by atoms with Crippen LogP contribution in [0.3, 0.4) is 0 Å². The number of nitrogens with one attached hydrogen (secondary N) is 1. The molecular formula is C18H21N5O2. The molecule has 1 aromatic carbocycles. The Balaban J connectivity index is 1.58. The molecule has 1 aliphatic carbocycles. The highest BCUT2D eigenvalue weighted by molar-refractivity contribution is 5.92. The normalized spacial score (nSPS) is 17.4. The minimum Gasteiger partial charge on any atom is -0.348 e. The zero-order valence-electron chi connectivity index (χ0n) is 14.0. The number of para-hydroxylation sites is 1. The van der Waals surface area contributed by atoms with Crippen LogP contribution in [0.5, 0.6) is 0 Å². The van der Waals surface area contributed by atoms with Crippen LogP contribution in [-0.4, -0.2) is 33.3 Å². The molecule has 1 amide bonds. The Hall–Kier alpha value is -2.70. The van der Waals surface area contributed by atoms with Crippen LogP contribution in [0, 0.1) is 0 Å². The summed E-state index contributed by atoms with van der Waals surface area (Å²) in [6, 6.07) is 9.89. The van der Waals surface area contributed by atoms with Crippen LogP contribution in [0.2, 0.25) is 0 Å². The van der Waals surface area contributed by atoms with Crippen molar-refractivity contribution in [3.63, 3.8) is 0 Å². The highest BCUT2D eigenvalue weighted by atomic mass is 16.2. The average Bonchev–Trinajstić information content (AvgIpc) is 3.08. The zero-order chi connectivity index (χ0) is 17.2. The number of carbonyl (C=O) groups excluding carboxylic acids is 1. The lowest BCUT2D eigenvalue weighted by Gasteiger charge is -2.22. The summed E-state index contributed by atoms with van der Waals surface area (Å²) in [4.78, 5) is 27.1. The van der Waals surface area contributed by atoms with Crippen LogP contribution >= 0.6 is 0 Å². The summed E-state index contributed by atoms with van der Waals surface area (Å²) in [5.74, 6) is 0.0864. The number of hydrogen-bond acceptors (Lipinski definition) is 5. The fraction of sp³-hybridized carbons (Fsp3) is 0.444. The van der Waals surface area contributed by atoms with E-state index in [-0.39, 0.29) is 17.3 Å². The maximum atomic E-state index is 12.7. The van der Waals surface area contributed by atoms with Gasteiger partial charge in [0.15, 0.2) is 0 Å². The Kier molecular flexibility index (Phi) is 4.21. The highest BCUT2D eigenvalue weighted by Gasteiger charge is 2.28. The number of anilines is 2. The van der Waals surface area contributed by atoms with Crippen molar-refractivity contribution in [3.8, 4) is 0 Å². The van der Waals surface area contributed by atoms with Gasteiger partial charge >= 0.3 is 0 Å². The molecule has 0 spiro atoms. The Morgan fingerprint density at radius 2 is 1.80 bits per heavy atom. The second-order valence-corrected chi connectivity index (χ2v) is 6.60. The molecule has 0 radical (unpaired) electrons. The van der Waals surface area contributed by atoms with Crippen molar-refractivity contribution >= 4 is 17.5 Å². The number of rotatable bonds is 3. The van der Waals surface area contributed by atoms with Gasteiger partial charge in [-0.2, -0.15) is 0 Å². The number of benzene rings is 1. The van der Waals surface area contributed by atoms with Gasteiger partial charge in [-0.25, -0.2) is 0 Å². The number of carbonyl (C=O) groups is 1. The molecule has 0 saturated heterocycles. The smallest absolute Gasteiger partial charge is 0.286 e. The molecular weight excluding hydrogens is 318 g/mol. The van der Waals surface area contributed by atoms with Crippen molar-refractivity contribution in [2.24, 2.45) is 0 Å². The zero-order valence-corrected chi connectivity index (χ0v) is 14.0. The molecule has 1 N–H and O–H groups in total. The van der Waals surface area contributed by atoms with E-state index in [1.165, 1.54) is 11.0 Å². The van der Waals surface area contributed by atoms with E-state index < -0.39 is 5.91 Å². The Bertz CT molecular complexity index is 827. The molecule has 25 heavy (non-hydrogen) atoms. The van der Waals surface area contributed by atoms with E-state index in [4.69, 9.17) is 0 Å². The minimum absolute atomic E-state index is 0.107. The van der Waals surface area contributed by atoms with Crippen molar-refractivity contribution in [1.82, 2.24) is 20.1 Å². The van der Waals surface area contributed by atoms with Crippen LogP contribution in [0.1, 0.15) is 42.6 Å². The maximum Gasteiger partial charge on any atom is 0.286 e. The fourth-order valence-electron chi connectivity index (χ4n) is 3.61. The minimum atomic E-state index is -0.405. The van der Waals surface area contributed by atoms with Gasteiger partial charge in [0.1, 0.15) is 0 Å². The third kappa shape index (κ3) is 3.01. The Morgan fingerprint density at radius 1 is 1.04 bits per heavy atom. The van der Waals surface area contributed by atoms with Gasteiger partial charge in [0.2, 0.25) is 11.6 Å². The fourth-order valence-corrected chi connectivity index (χ4v) is 3.61. The largest absolute Gasteiger partial charge is 0.348 e. The molecule has 1 aromatic heterocycles. The molecule has 0 atom stereocenters. The van der Waals surface area contributed by atoms with E-state index in [0.717, 1.165) is 31.4 Å². The SMILES string of the molecule is O=C(NC1CCCCC1)c1nnc2n(c1=O)CCN2c1ccccc1. The average molecular weight is 339 g/mol. The van der Waals surface area contributed by atoms with Crippen LogP contribution in [0.25, 0.3) is 0 Å². The summed E-state index contributed by atoms with van der Waals surface area (Å²) in [6.45, 7) is 1.14. The van der Waals surface area contributed by atoms with Crippen molar-refractivity contribution in [2.45, 2.75) is 44.7 Å². The van der Waals surface area contributed by atoms with Gasteiger partial charge in [-0.1, -0.05) is 37.5 Å². The molecule has 0 bridgehead atoms. The van der Waals surface area contributed by atoms with Crippen molar-refractivity contribution in [3.05, 3.63) is 46.4 Å². The first kappa shape index (κ1) is 15.8. The van der Waals surface area contributed by atoms with Gasteiger partial charge in [-0.15, -0.1) is 10.2 Å². The third-order valence-electron chi connectivity index (χ3n) is 4.94. The molecule has 7 heteroatoms. The monoisotopic (exact) mass is 339 g/mol. The first-order chi connectivity index (χ1) is 12.2. The summed E-state index contributed by atoms with van der Waals surface area (Å²) >= 11 is 0. The predicted molar refractivity (Wildman–Crippen MR) is 94.1 cm³/mol.